The summed E-state index contributed by atoms with van der Waals surface area (Å²) in [5, 5.41) is 8.63. The molecule has 0 heterocycles. The predicted molar refractivity (Wildman–Crippen MR) is 65.6 cm³/mol. The SMILES string of the molecule is COc1cc(Br)c(OCCCO)cc1Br. The molecule has 0 aromatic heterocycles. The Labute approximate surface area is 106 Å². The van der Waals surface area contributed by atoms with Crippen LogP contribution in [0, 0.1) is 0 Å². The summed E-state index contributed by atoms with van der Waals surface area (Å²) in [6.07, 6.45) is 0.621. The zero-order chi connectivity index (χ0) is 11.3. The maximum absolute atomic E-state index is 8.63. The Morgan fingerprint density at radius 2 is 1.80 bits per heavy atom. The van der Waals surface area contributed by atoms with Crippen molar-refractivity contribution >= 4 is 31.9 Å². The fourth-order valence-electron chi connectivity index (χ4n) is 1.02. The molecule has 0 radical (unpaired) electrons. The highest BCUT2D eigenvalue weighted by Gasteiger charge is 2.07. The van der Waals surface area contributed by atoms with E-state index < -0.39 is 0 Å². The number of benzene rings is 1. The molecule has 0 saturated heterocycles. The van der Waals surface area contributed by atoms with Crippen LogP contribution >= 0.6 is 31.9 Å². The summed E-state index contributed by atoms with van der Waals surface area (Å²) in [4.78, 5) is 0. The molecule has 0 atom stereocenters. The van der Waals surface area contributed by atoms with Gasteiger partial charge in [0.15, 0.2) is 0 Å². The second-order valence-corrected chi connectivity index (χ2v) is 4.55. The lowest BCUT2D eigenvalue weighted by Gasteiger charge is -2.10. The van der Waals surface area contributed by atoms with Gasteiger partial charge in [-0.05, 0) is 44.0 Å². The molecule has 0 aliphatic heterocycles. The van der Waals surface area contributed by atoms with Crippen molar-refractivity contribution in [1.82, 2.24) is 0 Å². The molecule has 84 valence electrons. The van der Waals surface area contributed by atoms with Gasteiger partial charge < -0.3 is 14.6 Å². The van der Waals surface area contributed by atoms with Crippen molar-refractivity contribution in [2.45, 2.75) is 6.42 Å². The molecule has 0 aliphatic rings. The maximum Gasteiger partial charge on any atom is 0.134 e. The number of hydrogen-bond donors (Lipinski definition) is 1. The van der Waals surface area contributed by atoms with Crippen molar-refractivity contribution < 1.29 is 14.6 Å². The number of methoxy groups -OCH3 is 1. The van der Waals surface area contributed by atoms with Gasteiger partial charge in [0.25, 0.3) is 0 Å². The lowest BCUT2D eigenvalue weighted by atomic mass is 10.3. The van der Waals surface area contributed by atoms with Crippen LogP contribution in [0.2, 0.25) is 0 Å². The van der Waals surface area contributed by atoms with Crippen LogP contribution in [0.5, 0.6) is 11.5 Å². The number of ether oxygens (including phenoxy) is 2. The Morgan fingerprint density at radius 3 is 2.40 bits per heavy atom. The summed E-state index contributed by atoms with van der Waals surface area (Å²) in [7, 11) is 1.61. The minimum atomic E-state index is 0.134. The molecule has 1 N–H and O–H groups in total. The minimum absolute atomic E-state index is 0.134. The molecule has 0 bridgehead atoms. The van der Waals surface area contributed by atoms with Gasteiger partial charge in [0, 0.05) is 13.0 Å². The van der Waals surface area contributed by atoms with Gasteiger partial charge in [0.1, 0.15) is 11.5 Å². The molecule has 15 heavy (non-hydrogen) atoms. The predicted octanol–water partition coefficient (Wildman–Crippen LogP) is 2.98. The van der Waals surface area contributed by atoms with Gasteiger partial charge in [-0.1, -0.05) is 0 Å². The molecule has 0 unspecified atom stereocenters. The number of aliphatic hydroxyl groups is 1. The van der Waals surface area contributed by atoms with Gasteiger partial charge in [-0.3, -0.25) is 0 Å². The van der Waals surface area contributed by atoms with Crippen molar-refractivity contribution in [3.63, 3.8) is 0 Å². The largest absolute Gasteiger partial charge is 0.496 e. The Balaban J connectivity index is 2.76. The molecule has 1 aromatic rings. The Bertz CT molecular complexity index is 329. The molecular formula is C10H12Br2O3. The zero-order valence-electron chi connectivity index (χ0n) is 8.30. The second-order valence-electron chi connectivity index (χ2n) is 2.84. The first-order chi connectivity index (χ1) is 7.19. The van der Waals surface area contributed by atoms with Gasteiger partial charge in [-0.25, -0.2) is 0 Å². The first-order valence-electron chi connectivity index (χ1n) is 4.45. The minimum Gasteiger partial charge on any atom is -0.496 e. The Morgan fingerprint density at radius 1 is 1.20 bits per heavy atom. The number of hydrogen-bond acceptors (Lipinski definition) is 3. The highest BCUT2D eigenvalue weighted by Crippen LogP contribution is 2.35. The normalized spacial score (nSPS) is 10.1. The van der Waals surface area contributed by atoms with E-state index in [2.05, 4.69) is 31.9 Å². The average molecular weight is 340 g/mol. The van der Waals surface area contributed by atoms with E-state index >= 15 is 0 Å². The van der Waals surface area contributed by atoms with Gasteiger partial charge in [0.05, 0.1) is 22.7 Å². The molecular weight excluding hydrogens is 328 g/mol. The molecule has 0 amide bonds. The van der Waals surface area contributed by atoms with Crippen molar-refractivity contribution in [2.75, 3.05) is 20.3 Å². The molecule has 0 fully saturated rings. The van der Waals surface area contributed by atoms with Gasteiger partial charge >= 0.3 is 0 Å². The topological polar surface area (TPSA) is 38.7 Å². The molecule has 0 aliphatic carbocycles. The third kappa shape index (κ3) is 3.66. The fourth-order valence-corrected chi connectivity index (χ4v) is 1.95. The monoisotopic (exact) mass is 338 g/mol. The smallest absolute Gasteiger partial charge is 0.134 e. The zero-order valence-corrected chi connectivity index (χ0v) is 11.5. The lowest BCUT2D eigenvalue weighted by molar-refractivity contribution is 0.232. The van der Waals surface area contributed by atoms with E-state index in [9.17, 15) is 0 Å². The third-order valence-electron chi connectivity index (χ3n) is 1.77. The summed E-state index contributed by atoms with van der Waals surface area (Å²) in [5.41, 5.74) is 0. The van der Waals surface area contributed by atoms with Crippen LogP contribution in [-0.2, 0) is 0 Å². The van der Waals surface area contributed by atoms with Crippen molar-refractivity contribution in [3.8, 4) is 11.5 Å². The molecule has 5 heteroatoms. The lowest BCUT2D eigenvalue weighted by Crippen LogP contribution is -2.00. The third-order valence-corrected chi connectivity index (χ3v) is 3.01. The maximum atomic E-state index is 8.63. The highest BCUT2D eigenvalue weighted by molar-refractivity contribution is 9.11. The van der Waals surface area contributed by atoms with E-state index in [0.717, 1.165) is 20.4 Å². The molecule has 3 nitrogen and oxygen atoms in total. The summed E-state index contributed by atoms with van der Waals surface area (Å²) in [6, 6.07) is 3.67. The standard InChI is InChI=1S/C10H12Br2O3/c1-14-9-5-8(12)10(6-7(9)11)15-4-2-3-13/h5-6,13H,2-4H2,1H3. The number of halogens is 2. The van der Waals surface area contributed by atoms with Crippen LogP contribution in [0.4, 0.5) is 0 Å². The van der Waals surface area contributed by atoms with E-state index in [-0.39, 0.29) is 6.61 Å². The Hall–Kier alpha value is -0.260. The van der Waals surface area contributed by atoms with Crippen molar-refractivity contribution in [1.29, 1.82) is 0 Å². The summed E-state index contributed by atoms with van der Waals surface area (Å²) in [5.74, 6) is 1.48. The van der Waals surface area contributed by atoms with Gasteiger partial charge in [0.2, 0.25) is 0 Å². The first-order valence-corrected chi connectivity index (χ1v) is 6.04. The quantitative estimate of drug-likeness (QED) is 0.838. The van der Waals surface area contributed by atoms with Crippen molar-refractivity contribution in [2.24, 2.45) is 0 Å². The van der Waals surface area contributed by atoms with Crippen LogP contribution in [-0.4, -0.2) is 25.4 Å². The van der Waals surface area contributed by atoms with E-state index in [4.69, 9.17) is 14.6 Å². The molecule has 1 rings (SSSR count). The van der Waals surface area contributed by atoms with E-state index in [1.807, 2.05) is 12.1 Å². The van der Waals surface area contributed by atoms with Crippen LogP contribution in [0.1, 0.15) is 6.42 Å². The average Bonchev–Trinajstić information content (AvgIpc) is 2.23. The van der Waals surface area contributed by atoms with E-state index in [1.165, 1.54) is 0 Å². The van der Waals surface area contributed by atoms with Crippen LogP contribution < -0.4 is 9.47 Å². The summed E-state index contributed by atoms with van der Waals surface area (Å²) >= 11 is 6.76. The number of aliphatic hydroxyl groups excluding tert-OH is 1. The van der Waals surface area contributed by atoms with Crippen LogP contribution in [0.25, 0.3) is 0 Å². The van der Waals surface area contributed by atoms with Gasteiger partial charge in [-0.2, -0.15) is 0 Å². The highest BCUT2D eigenvalue weighted by atomic mass is 79.9. The summed E-state index contributed by atoms with van der Waals surface area (Å²) in [6.45, 7) is 0.628. The first kappa shape index (κ1) is 12.8. The van der Waals surface area contributed by atoms with E-state index in [0.29, 0.717) is 13.0 Å². The molecule has 1 aromatic carbocycles. The van der Waals surface area contributed by atoms with Crippen LogP contribution in [0.3, 0.4) is 0 Å². The molecule has 0 spiro atoms. The van der Waals surface area contributed by atoms with E-state index in [1.54, 1.807) is 7.11 Å². The van der Waals surface area contributed by atoms with Crippen LogP contribution in [0.15, 0.2) is 21.1 Å². The van der Waals surface area contributed by atoms with Gasteiger partial charge in [-0.15, -0.1) is 0 Å². The summed E-state index contributed by atoms with van der Waals surface area (Å²) < 4.78 is 12.3. The second kappa shape index (κ2) is 6.35. The van der Waals surface area contributed by atoms with Crippen molar-refractivity contribution in [3.05, 3.63) is 21.1 Å². The number of rotatable bonds is 5. The molecule has 0 saturated carbocycles. The Kier molecular flexibility index (Phi) is 5.42. The fraction of sp³-hybridized carbons (Fsp3) is 0.400.